The fourth-order valence-corrected chi connectivity index (χ4v) is 3.55. The number of aromatic nitrogens is 1. The van der Waals surface area contributed by atoms with E-state index in [0.29, 0.717) is 10.0 Å². The van der Waals surface area contributed by atoms with Crippen molar-refractivity contribution in [2.45, 2.75) is 37.8 Å². The lowest BCUT2D eigenvalue weighted by Crippen LogP contribution is -2.33. The molecule has 2 unspecified atom stereocenters. The van der Waals surface area contributed by atoms with Gasteiger partial charge in [-0.2, -0.15) is 0 Å². The van der Waals surface area contributed by atoms with Gasteiger partial charge in [-0.1, -0.05) is 35.3 Å². The second kappa shape index (κ2) is 6.45. The van der Waals surface area contributed by atoms with E-state index in [1.807, 2.05) is 24.4 Å². The van der Waals surface area contributed by atoms with E-state index in [2.05, 4.69) is 0 Å². The van der Waals surface area contributed by atoms with Crippen molar-refractivity contribution in [3.8, 4) is 11.1 Å². The summed E-state index contributed by atoms with van der Waals surface area (Å²) in [4.78, 5) is 12.5. The highest BCUT2D eigenvalue weighted by Gasteiger charge is 2.21. The number of nitrogens with zero attached hydrogens (tertiary/aromatic N) is 1. The fourth-order valence-electron chi connectivity index (χ4n) is 3.14. The molecule has 1 saturated carbocycles. The first-order valence-electron chi connectivity index (χ1n) is 7.48. The summed E-state index contributed by atoms with van der Waals surface area (Å²) in [5.74, 6) is 0. The molecule has 3 nitrogen and oxygen atoms in total. The van der Waals surface area contributed by atoms with Gasteiger partial charge < -0.3 is 10.3 Å². The Balaban J connectivity index is 1.96. The Morgan fingerprint density at radius 3 is 2.73 bits per heavy atom. The van der Waals surface area contributed by atoms with Gasteiger partial charge in [0.25, 0.3) is 5.56 Å². The molecule has 0 saturated heterocycles. The third-order valence-electron chi connectivity index (χ3n) is 4.29. The van der Waals surface area contributed by atoms with Crippen molar-refractivity contribution >= 4 is 23.2 Å². The highest BCUT2D eigenvalue weighted by atomic mass is 35.5. The minimum atomic E-state index is -0.0207. The van der Waals surface area contributed by atoms with Crippen LogP contribution in [0.15, 0.2) is 41.3 Å². The van der Waals surface area contributed by atoms with Gasteiger partial charge >= 0.3 is 0 Å². The van der Waals surface area contributed by atoms with E-state index >= 15 is 0 Å². The molecule has 2 N–H and O–H groups in total. The number of nitrogens with two attached hydrogens (primary N) is 1. The lowest BCUT2D eigenvalue weighted by atomic mass is 9.91. The molecule has 2 aromatic rings. The van der Waals surface area contributed by atoms with Gasteiger partial charge in [0, 0.05) is 29.9 Å². The molecular formula is C17H18Cl2N2O. The molecule has 1 aliphatic carbocycles. The van der Waals surface area contributed by atoms with Crippen molar-refractivity contribution in [2.75, 3.05) is 0 Å². The molecule has 0 amide bonds. The molecule has 0 aliphatic heterocycles. The first-order chi connectivity index (χ1) is 10.6. The third kappa shape index (κ3) is 3.07. The number of benzene rings is 1. The summed E-state index contributed by atoms with van der Waals surface area (Å²) in [7, 11) is 0. The van der Waals surface area contributed by atoms with Crippen molar-refractivity contribution in [1.82, 2.24) is 4.57 Å². The third-order valence-corrected chi connectivity index (χ3v) is 5.11. The van der Waals surface area contributed by atoms with E-state index in [1.54, 1.807) is 16.7 Å². The molecule has 3 rings (SSSR count). The van der Waals surface area contributed by atoms with E-state index < -0.39 is 0 Å². The fraction of sp³-hybridized carbons (Fsp3) is 0.353. The van der Waals surface area contributed by atoms with Crippen LogP contribution < -0.4 is 11.3 Å². The molecule has 22 heavy (non-hydrogen) atoms. The summed E-state index contributed by atoms with van der Waals surface area (Å²) in [6, 6.07) is 9.35. The lowest BCUT2D eigenvalue weighted by molar-refractivity contribution is 0.314. The first-order valence-corrected chi connectivity index (χ1v) is 8.24. The monoisotopic (exact) mass is 336 g/mol. The first kappa shape index (κ1) is 15.6. The number of hydrogen-bond donors (Lipinski definition) is 1. The molecular weight excluding hydrogens is 319 g/mol. The van der Waals surface area contributed by atoms with Crippen LogP contribution in [0.1, 0.15) is 31.7 Å². The van der Waals surface area contributed by atoms with Crippen LogP contribution in [0.2, 0.25) is 10.0 Å². The number of pyridine rings is 1. The molecule has 1 heterocycles. The maximum absolute atomic E-state index is 12.5. The van der Waals surface area contributed by atoms with Gasteiger partial charge in [-0.25, -0.2) is 0 Å². The van der Waals surface area contributed by atoms with E-state index in [1.165, 1.54) is 0 Å². The van der Waals surface area contributed by atoms with Gasteiger partial charge in [0.05, 0.1) is 10.0 Å². The zero-order chi connectivity index (χ0) is 15.7. The highest BCUT2D eigenvalue weighted by molar-refractivity contribution is 6.43. The smallest absolute Gasteiger partial charge is 0.251 e. The molecule has 1 aromatic heterocycles. The van der Waals surface area contributed by atoms with Crippen LogP contribution in [0.4, 0.5) is 0 Å². The Morgan fingerprint density at radius 1 is 1.18 bits per heavy atom. The van der Waals surface area contributed by atoms with Crippen molar-refractivity contribution in [1.29, 1.82) is 0 Å². The molecule has 0 bridgehead atoms. The van der Waals surface area contributed by atoms with Gasteiger partial charge in [-0.05, 0) is 43.4 Å². The Labute approximate surface area is 139 Å². The SMILES string of the molecule is NC1CCCC(n2ccc(-c3cccc(Cl)c3Cl)cc2=O)C1. The number of rotatable bonds is 2. The molecule has 0 radical (unpaired) electrons. The van der Waals surface area contributed by atoms with Gasteiger partial charge in [0.15, 0.2) is 0 Å². The standard InChI is InChI=1S/C17H18Cl2N2O/c18-15-6-2-5-14(17(15)19)11-7-8-21(16(22)9-11)13-4-1-3-12(20)10-13/h2,5-9,12-13H,1,3-4,10,20H2. The second-order valence-electron chi connectivity index (χ2n) is 5.84. The average molecular weight is 337 g/mol. The minimum absolute atomic E-state index is 0.0207. The van der Waals surface area contributed by atoms with Crippen molar-refractivity contribution in [2.24, 2.45) is 5.73 Å². The molecule has 116 valence electrons. The predicted octanol–water partition coefficient (Wildman–Crippen LogP) is 4.26. The minimum Gasteiger partial charge on any atom is -0.328 e. The Bertz CT molecular complexity index is 742. The summed E-state index contributed by atoms with van der Waals surface area (Å²) in [5.41, 5.74) is 7.56. The van der Waals surface area contributed by atoms with Crippen LogP contribution in [0.3, 0.4) is 0 Å². The summed E-state index contributed by atoms with van der Waals surface area (Å²) in [5, 5.41) is 0.961. The topological polar surface area (TPSA) is 48.0 Å². The normalized spacial score (nSPS) is 21.8. The van der Waals surface area contributed by atoms with Crippen LogP contribution >= 0.6 is 23.2 Å². The van der Waals surface area contributed by atoms with E-state index in [0.717, 1.165) is 36.8 Å². The lowest BCUT2D eigenvalue weighted by Gasteiger charge is -2.28. The van der Waals surface area contributed by atoms with E-state index in [4.69, 9.17) is 28.9 Å². The molecule has 5 heteroatoms. The average Bonchev–Trinajstić information content (AvgIpc) is 2.50. The Morgan fingerprint density at radius 2 is 2.00 bits per heavy atom. The van der Waals surface area contributed by atoms with Crippen LogP contribution in [-0.4, -0.2) is 10.6 Å². The molecule has 2 atom stereocenters. The zero-order valence-electron chi connectivity index (χ0n) is 12.1. The van der Waals surface area contributed by atoms with Crippen LogP contribution in [0.25, 0.3) is 11.1 Å². The van der Waals surface area contributed by atoms with Crippen LogP contribution in [0, 0.1) is 0 Å². The van der Waals surface area contributed by atoms with E-state index in [-0.39, 0.29) is 17.6 Å². The van der Waals surface area contributed by atoms with Crippen molar-refractivity contribution in [3.05, 3.63) is 56.9 Å². The van der Waals surface area contributed by atoms with Crippen molar-refractivity contribution in [3.63, 3.8) is 0 Å². The largest absolute Gasteiger partial charge is 0.328 e. The van der Waals surface area contributed by atoms with Gasteiger partial charge in [0.2, 0.25) is 0 Å². The number of halogens is 2. The molecule has 1 aromatic carbocycles. The van der Waals surface area contributed by atoms with Crippen LogP contribution in [-0.2, 0) is 0 Å². The Hall–Kier alpha value is -1.29. The maximum Gasteiger partial charge on any atom is 0.251 e. The summed E-state index contributed by atoms with van der Waals surface area (Å²) >= 11 is 12.3. The predicted molar refractivity (Wildman–Crippen MR) is 91.6 cm³/mol. The van der Waals surface area contributed by atoms with Gasteiger partial charge in [-0.15, -0.1) is 0 Å². The Kier molecular flexibility index (Phi) is 4.57. The number of hydrogen-bond acceptors (Lipinski definition) is 2. The van der Waals surface area contributed by atoms with Crippen LogP contribution in [0.5, 0.6) is 0 Å². The second-order valence-corrected chi connectivity index (χ2v) is 6.63. The summed E-state index contributed by atoms with van der Waals surface area (Å²) < 4.78 is 1.79. The van der Waals surface area contributed by atoms with E-state index in [9.17, 15) is 4.79 Å². The summed E-state index contributed by atoms with van der Waals surface area (Å²) in [6.45, 7) is 0. The highest BCUT2D eigenvalue weighted by Crippen LogP contribution is 2.33. The van der Waals surface area contributed by atoms with Gasteiger partial charge in [0.1, 0.15) is 0 Å². The summed E-state index contributed by atoms with van der Waals surface area (Å²) in [6.07, 6.45) is 5.82. The molecule has 1 aliphatic rings. The quantitative estimate of drug-likeness (QED) is 0.890. The maximum atomic E-state index is 12.5. The molecule has 0 spiro atoms. The van der Waals surface area contributed by atoms with Crippen molar-refractivity contribution < 1.29 is 0 Å². The zero-order valence-corrected chi connectivity index (χ0v) is 13.6. The molecule has 1 fully saturated rings. The van der Waals surface area contributed by atoms with Gasteiger partial charge in [-0.3, -0.25) is 4.79 Å².